The number of aryl methyl sites for hydroxylation is 1. The van der Waals surface area contributed by atoms with E-state index in [1.54, 1.807) is 0 Å². The van der Waals surface area contributed by atoms with Crippen LogP contribution in [0.4, 0.5) is 0 Å². The van der Waals surface area contributed by atoms with Crippen molar-refractivity contribution >= 4 is 0 Å². The summed E-state index contributed by atoms with van der Waals surface area (Å²) in [4.78, 5) is 6.95. The third-order valence-corrected chi connectivity index (χ3v) is 3.06. The molecule has 3 N–H and O–H groups in total. The van der Waals surface area contributed by atoms with E-state index < -0.39 is 0 Å². The van der Waals surface area contributed by atoms with E-state index in [1.165, 1.54) is 0 Å². The van der Waals surface area contributed by atoms with Gasteiger partial charge in [-0.15, -0.1) is 0 Å². The van der Waals surface area contributed by atoms with E-state index >= 15 is 0 Å². The van der Waals surface area contributed by atoms with E-state index in [1.807, 2.05) is 13.0 Å². The quantitative estimate of drug-likeness (QED) is 0.760. The lowest BCUT2D eigenvalue weighted by Gasteiger charge is -2.35. The van der Waals surface area contributed by atoms with Crippen LogP contribution in [-0.4, -0.2) is 42.1 Å². The van der Waals surface area contributed by atoms with Crippen LogP contribution in [0, 0.1) is 6.92 Å². The first-order chi connectivity index (χ1) is 7.79. The molecule has 1 unspecified atom stereocenters. The molecule has 1 fully saturated rings. The van der Waals surface area contributed by atoms with Gasteiger partial charge in [-0.1, -0.05) is 6.07 Å². The van der Waals surface area contributed by atoms with Gasteiger partial charge >= 0.3 is 0 Å². The van der Waals surface area contributed by atoms with Gasteiger partial charge in [0.05, 0.1) is 5.69 Å². The number of rotatable bonds is 3. The van der Waals surface area contributed by atoms with Crippen molar-refractivity contribution in [1.82, 2.24) is 15.2 Å². The molecule has 4 heteroatoms. The standard InChI is InChI=1S/C12H20N4/c1-10-3-2-4-11(15-10)9-16-6-5-14-8-12(16)7-13/h2-4,12,14H,5-9,13H2,1H3. The predicted octanol–water partition coefficient (Wildman–Crippen LogP) is 0.123. The third kappa shape index (κ3) is 2.78. The number of hydrogen-bond acceptors (Lipinski definition) is 4. The first-order valence-electron chi connectivity index (χ1n) is 5.87. The number of nitrogens with two attached hydrogens (primary N) is 1. The molecular formula is C12H20N4. The van der Waals surface area contributed by atoms with E-state index in [0.29, 0.717) is 12.6 Å². The molecule has 16 heavy (non-hydrogen) atoms. The highest BCUT2D eigenvalue weighted by Gasteiger charge is 2.20. The fraction of sp³-hybridized carbons (Fsp3) is 0.583. The van der Waals surface area contributed by atoms with Gasteiger partial charge in [0.15, 0.2) is 0 Å². The van der Waals surface area contributed by atoms with Gasteiger partial charge in [-0.05, 0) is 19.1 Å². The van der Waals surface area contributed by atoms with Gasteiger partial charge in [0.2, 0.25) is 0 Å². The molecule has 2 rings (SSSR count). The Labute approximate surface area is 96.8 Å². The zero-order chi connectivity index (χ0) is 11.4. The van der Waals surface area contributed by atoms with Crippen molar-refractivity contribution in [3.8, 4) is 0 Å². The van der Waals surface area contributed by atoms with Crippen molar-refractivity contribution in [2.24, 2.45) is 5.73 Å². The van der Waals surface area contributed by atoms with Gasteiger partial charge < -0.3 is 11.1 Å². The maximum atomic E-state index is 5.78. The molecule has 1 saturated heterocycles. The highest BCUT2D eigenvalue weighted by molar-refractivity contribution is 5.10. The van der Waals surface area contributed by atoms with Gasteiger partial charge in [-0.2, -0.15) is 0 Å². The van der Waals surface area contributed by atoms with Crippen molar-refractivity contribution in [3.05, 3.63) is 29.6 Å². The molecular weight excluding hydrogens is 200 g/mol. The summed E-state index contributed by atoms with van der Waals surface area (Å²) in [5, 5.41) is 3.37. The van der Waals surface area contributed by atoms with Crippen LogP contribution in [0.5, 0.6) is 0 Å². The van der Waals surface area contributed by atoms with E-state index in [4.69, 9.17) is 5.73 Å². The molecule has 0 spiro atoms. The monoisotopic (exact) mass is 220 g/mol. The first-order valence-corrected chi connectivity index (χ1v) is 5.87. The maximum Gasteiger partial charge on any atom is 0.0547 e. The van der Waals surface area contributed by atoms with Crippen molar-refractivity contribution in [2.75, 3.05) is 26.2 Å². The summed E-state index contributed by atoms with van der Waals surface area (Å²) < 4.78 is 0. The van der Waals surface area contributed by atoms with Crippen LogP contribution < -0.4 is 11.1 Å². The Balaban J connectivity index is 2.02. The van der Waals surface area contributed by atoms with E-state index in [0.717, 1.165) is 37.6 Å². The predicted molar refractivity (Wildman–Crippen MR) is 65.1 cm³/mol. The lowest BCUT2D eigenvalue weighted by molar-refractivity contribution is 0.156. The zero-order valence-electron chi connectivity index (χ0n) is 9.82. The third-order valence-electron chi connectivity index (χ3n) is 3.06. The Morgan fingerprint density at radius 1 is 1.56 bits per heavy atom. The Morgan fingerprint density at radius 3 is 3.19 bits per heavy atom. The van der Waals surface area contributed by atoms with Gasteiger partial charge in [0.1, 0.15) is 0 Å². The Morgan fingerprint density at radius 2 is 2.44 bits per heavy atom. The minimum absolute atomic E-state index is 0.441. The van der Waals surface area contributed by atoms with Crippen LogP contribution in [0.3, 0.4) is 0 Å². The lowest BCUT2D eigenvalue weighted by atomic mass is 10.1. The van der Waals surface area contributed by atoms with Crippen LogP contribution in [0.1, 0.15) is 11.4 Å². The van der Waals surface area contributed by atoms with Gasteiger partial charge in [0, 0.05) is 44.5 Å². The molecule has 4 nitrogen and oxygen atoms in total. The summed E-state index contributed by atoms with van der Waals surface area (Å²) in [7, 11) is 0. The van der Waals surface area contributed by atoms with E-state index in [-0.39, 0.29) is 0 Å². The fourth-order valence-electron chi connectivity index (χ4n) is 2.14. The molecule has 1 aromatic rings. The molecule has 1 atom stereocenters. The summed E-state index contributed by atoms with van der Waals surface area (Å²) in [6.45, 7) is 6.73. The average Bonchev–Trinajstić information content (AvgIpc) is 2.30. The minimum atomic E-state index is 0.441. The van der Waals surface area contributed by atoms with Crippen molar-refractivity contribution in [3.63, 3.8) is 0 Å². The number of nitrogens with one attached hydrogen (secondary N) is 1. The van der Waals surface area contributed by atoms with Crippen molar-refractivity contribution in [2.45, 2.75) is 19.5 Å². The fourth-order valence-corrected chi connectivity index (χ4v) is 2.14. The molecule has 0 aromatic carbocycles. The number of nitrogens with zero attached hydrogens (tertiary/aromatic N) is 2. The normalized spacial score (nSPS) is 22.2. The zero-order valence-corrected chi connectivity index (χ0v) is 9.82. The lowest BCUT2D eigenvalue weighted by Crippen LogP contribution is -2.53. The summed E-state index contributed by atoms with van der Waals surface area (Å²) in [6.07, 6.45) is 0. The molecule has 0 amide bonds. The van der Waals surface area contributed by atoms with Crippen LogP contribution in [0.2, 0.25) is 0 Å². The van der Waals surface area contributed by atoms with E-state index in [9.17, 15) is 0 Å². The van der Waals surface area contributed by atoms with E-state index in [2.05, 4.69) is 27.3 Å². The summed E-state index contributed by atoms with van der Waals surface area (Å²) >= 11 is 0. The van der Waals surface area contributed by atoms with Crippen LogP contribution in [0.25, 0.3) is 0 Å². The van der Waals surface area contributed by atoms with Crippen LogP contribution in [0.15, 0.2) is 18.2 Å². The highest BCUT2D eigenvalue weighted by Crippen LogP contribution is 2.08. The molecule has 1 aliphatic rings. The molecule has 0 aliphatic carbocycles. The second kappa shape index (κ2) is 5.39. The first kappa shape index (κ1) is 11.5. The van der Waals surface area contributed by atoms with Crippen molar-refractivity contribution in [1.29, 1.82) is 0 Å². The molecule has 1 aliphatic heterocycles. The SMILES string of the molecule is Cc1cccc(CN2CCNCC2CN)n1. The molecule has 2 heterocycles. The number of piperazine rings is 1. The second-order valence-electron chi connectivity index (χ2n) is 4.33. The van der Waals surface area contributed by atoms with Gasteiger partial charge in [-0.25, -0.2) is 0 Å². The summed E-state index contributed by atoms with van der Waals surface area (Å²) in [5.41, 5.74) is 7.99. The second-order valence-corrected chi connectivity index (χ2v) is 4.33. The minimum Gasteiger partial charge on any atom is -0.329 e. The number of hydrogen-bond donors (Lipinski definition) is 2. The highest BCUT2D eigenvalue weighted by atomic mass is 15.2. The summed E-state index contributed by atoms with van der Waals surface area (Å²) in [5.74, 6) is 0. The van der Waals surface area contributed by atoms with Crippen LogP contribution >= 0.6 is 0 Å². The Kier molecular flexibility index (Phi) is 3.88. The van der Waals surface area contributed by atoms with Gasteiger partial charge in [-0.3, -0.25) is 9.88 Å². The van der Waals surface area contributed by atoms with Crippen molar-refractivity contribution < 1.29 is 0 Å². The summed E-state index contributed by atoms with van der Waals surface area (Å²) in [6, 6.07) is 6.62. The Hall–Kier alpha value is -0.970. The van der Waals surface area contributed by atoms with Gasteiger partial charge in [0.25, 0.3) is 0 Å². The van der Waals surface area contributed by atoms with Crippen LogP contribution in [-0.2, 0) is 6.54 Å². The topological polar surface area (TPSA) is 54.2 Å². The smallest absolute Gasteiger partial charge is 0.0547 e. The molecule has 0 bridgehead atoms. The molecule has 88 valence electrons. The largest absolute Gasteiger partial charge is 0.329 e. The molecule has 0 saturated carbocycles. The molecule has 1 aromatic heterocycles. The Bertz CT molecular complexity index is 340. The molecule has 0 radical (unpaired) electrons. The number of aromatic nitrogens is 1. The average molecular weight is 220 g/mol. The maximum absolute atomic E-state index is 5.78. The number of pyridine rings is 1.